The van der Waals surface area contributed by atoms with Gasteiger partial charge < -0.3 is 4.74 Å². The Bertz CT molecular complexity index is 473. The van der Waals surface area contributed by atoms with Gasteiger partial charge in [0, 0.05) is 5.41 Å². The molecular weight excluding hydrogens is 256 g/mol. The predicted molar refractivity (Wildman–Crippen MR) is 82.7 cm³/mol. The first-order chi connectivity index (χ1) is 8.89. The molecule has 0 aromatic carbocycles. The lowest BCUT2D eigenvalue weighted by molar-refractivity contribution is 0.0605. The molecule has 0 aliphatic rings. The van der Waals surface area contributed by atoms with E-state index in [2.05, 4.69) is 32.6 Å². The SMILES string of the molecule is CC.CCC(C)(C)C#Cc1cc(C)c(C(=O)OC)s1. The number of rotatable bonds is 2. The molecule has 0 aliphatic heterocycles. The largest absolute Gasteiger partial charge is 0.465 e. The Hall–Kier alpha value is -1.27. The van der Waals surface area contributed by atoms with Crippen LogP contribution in [0, 0.1) is 24.2 Å². The molecule has 1 aromatic rings. The van der Waals surface area contributed by atoms with Crippen molar-refractivity contribution < 1.29 is 9.53 Å². The summed E-state index contributed by atoms with van der Waals surface area (Å²) in [6.45, 7) is 12.2. The number of carbonyl (C=O) groups is 1. The number of methoxy groups -OCH3 is 1. The van der Waals surface area contributed by atoms with E-state index >= 15 is 0 Å². The summed E-state index contributed by atoms with van der Waals surface area (Å²) in [5.74, 6) is 6.09. The lowest BCUT2D eigenvalue weighted by atomic mass is 9.91. The highest BCUT2D eigenvalue weighted by Gasteiger charge is 2.14. The highest BCUT2D eigenvalue weighted by Crippen LogP contribution is 2.23. The highest BCUT2D eigenvalue weighted by atomic mass is 32.1. The normalized spacial score (nSPS) is 9.84. The zero-order chi connectivity index (χ0) is 15.1. The minimum Gasteiger partial charge on any atom is -0.465 e. The Balaban J connectivity index is 0.00000154. The molecule has 1 rings (SSSR count). The van der Waals surface area contributed by atoms with Gasteiger partial charge in [-0.05, 0) is 38.8 Å². The first-order valence-corrected chi connectivity index (χ1v) is 7.43. The maximum absolute atomic E-state index is 11.4. The third-order valence-electron chi connectivity index (χ3n) is 2.70. The molecule has 0 unspecified atom stereocenters. The molecule has 0 spiro atoms. The van der Waals surface area contributed by atoms with Gasteiger partial charge in [0.25, 0.3) is 0 Å². The molecule has 2 nitrogen and oxygen atoms in total. The van der Waals surface area contributed by atoms with E-state index in [1.807, 2.05) is 26.8 Å². The first-order valence-electron chi connectivity index (χ1n) is 6.61. The number of hydrogen-bond donors (Lipinski definition) is 0. The number of aryl methyl sites for hydroxylation is 1. The summed E-state index contributed by atoms with van der Waals surface area (Å²) in [7, 11) is 1.40. The summed E-state index contributed by atoms with van der Waals surface area (Å²) in [4.78, 5) is 13.0. The van der Waals surface area contributed by atoms with E-state index in [0.717, 1.165) is 16.9 Å². The second-order valence-electron chi connectivity index (χ2n) is 4.60. The average Bonchev–Trinajstić information content (AvgIpc) is 2.79. The van der Waals surface area contributed by atoms with E-state index in [0.29, 0.717) is 4.88 Å². The van der Waals surface area contributed by atoms with Crippen LogP contribution < -0.4 is 0 Å². The number of esters is 1. The fourth-order valence-electron chi connectivity index (χ4n) is 1.16. The third-order valence-corrected chi connectivity index (χ3v) is 3.83. The van der Waals surface area contributed by atoms with E-state index in [-0.39, 0.29) is 11.4 Å². The Morgan fingerprint density at radius 1 is 1.42 bits per heavy atom. The standard InChI is InChI=1S/C14H18O2S.C2H6/c1-6-14(3,4)8-7-11-9-10(2)12(17-11)13(15)16-5;1-2/h9H,6H2,1-5H3;1-2H3. The number of ether oxygens (including phenoxy) is 1. The molecule has 0 N–H and O–H groups in total. The molecule has 3 heteroatoms. The van der Waals surface area contributed by atoms with Gasteiger partial charge in [0.2, 0.25) is 0 Å². The predicted octanol–water partition coefficient (Wildman–Crippen LogP) is 4.66. The minimum atomic E-state index is -0.282. The molecule has 19 heavy (non-hydrogen) atoms. The second kappa shape index (κ2) is 8.01. The van der Waals surface area contributed by atoms with Crippen LogP contribution in [0.25, 0.3) is 0 Å². The van der Waals surface area contributed by atoms with Gasteiger partial charge >= 0.3 is 5.97 Å². The molecule has 0 saturated heterocycles. The summed E-state index contributed by atoms with van der Waals surface area (Å²) in [5.41, 5.74) is 0.948. The molecule has 0 fully saturated rings. The third kappa shape index (κ3) is 5.48. The van der Waals surface area contributed by atoms with Crippen LogP contribution in [0.3, 0.4) is 0 Å². The summed E-state index contributed by atoms with van der Waals surface area (Å²) < 4.78 is 4.72. The fraction of sp³-hybridized carbons (Fsp3) is 0.562. The van der Waals surface area contributed by atoms with Crippen molar-refractivity contribution in [1.82, 2.24) is 0 Å². The Labute approximate surface area is 121 Å². The van der Waals surface area contributed by atoms with E-state index < -0.39 is 0 Å². The summed E-state index contributed by atoms with van der Waals surface area (Å²) in [5, 5.41) is 0. The number of thiophene rings is 1. The zero-order valence-corrected chi connectivity index (χ0v) is 13.8. The van der Waals surface area contributed by atoms with Gasteiger partial charge in [0.15, 0.2) is 0 Å². The number of carbonyl (C=O) groups excluding carboxylic acids is 1. The van der Waals surface area contributed by atoms with Gasteiger partial charge in [-0.2, -0.15) is 0 Å². The maximum Gasteiger partial charge on any atom is 0.348 e. The second-order valence-corrected chi connectivity index (χ2v) is 5.65. The van der Waals surface area contributed by atoms with Crippen LogP contribution in [0.1, 0.15) is 61.2 Å². The van der Waals surface area contributed by atoms with Crippen molar-refractivity contribution in [2.24, 2.45) is 5.41 Å². The van der Waals surface area contributed by atoms with Gasteiger partial charge in [0.1, 0.15) is 4.88 Å². The fourth-order valence-corrected chi connectivity index (χ4v) is 2.10. The Kier molecular flexibility index (Phi) is 7.48. The Morgan fingerprint density at radius 2 is 2.00 bits per heavy atom. The van der Waals surface area contributed by atoms with Gasteiger partial charge in [0.05, 0.1) is 12.0 Å². The average molecular weight is 280 g/mol. The minimum absolute atomic E-state index is 0.0172. The lowest BCUT2D eigenvalue weighted by Gasteiger charge is -2.12. The zero-order valence-electron chi connectivity index (χ0n) is 13.0. The van der Waals surface area contributed by atoms with Crippen LogP contribution >= 0.6 is 11.3 Å². The quantitative estimate of drug-likeness (QED) is 0.582. The highest BCUT2D eigenvalue weighted by molar-refractivity contribution is 7.14. The van der Waals surface area contributed by atoms with Crippen molar-refractivity contribution in [2.45, 2.75) is 48.0 Å². The maximum atomic E-state index is 11.4. The molecule has 106 valence electrons. The molecule has 0 radical (unpaired) electrons. The van der Waals surface area contributed by atoms with Crippen LogP contribution in [0.5, 0.6) is 0 Å². The van der Waals surface area contributed by atoms with Gasteiger partial charge in [-0.15, -0.1) is 11.3 Å². The molecule has 1 heterocycles. The van der Waals surface area contributed by atoms with E-state index in [9.17, 15) is 4.79 Å². The molecule has 1 aromatic heterocycles. The van der Waals surface area contributed by atoms with Crippen molar-refractivity contribution >= 4 is 17.3 Å². The smallest absolute Gasteiger partial charge is 0.348 e. The molecule has 0 aliphatic carbocycles. The molecule has 0 saturated carbocycles. The van der Waals surface area contributed by atoms with E-state index in [4.69, 9.17) is 4.74 Å². The van der Waals surface area contributed by atoms with Crippen LogP contribution in [0.2, 0.25) is 0 Å². The summed E-state index contributed by atoms with van der Waals surface area (Å²) >= 11 is 1.40. The van der Waals surface area contributed by atoms with Crippen LogP contribution in [0.4, 0.5) is 0 Å². The summed E-state index contributed by atoms with van der Waals surface area (Å²) in [6, 6.07) is 1.94. The van der Waals surface area contributed by atoms with Crippen LogP contribution in [0.15, 0.2) is 6.07 Å². The van der Waals surface area contributed by atoms with Crippen molar-refractivity contribution in [2.75, 3.05) is 7.11 Å². The van der Waals surface area contributed by atoms with Crippen molar-refractivity contribution in [1.29, 1.82) is 0 Å². The Morgan fingerprint density at radius 3 is 2.47 bits per heavy atom. The van der Waals surface area contributed by atoms with Crippen LogP contribution in [-0.2, 0) is 4.74 Å². The molecule has 0 amide bonds. The van der Waals surface area contributed by atoms with Crippen molar-refractivity contribution in [3.05, 3.63) is 21.4 Å². The van der Waals surface area contributed by atoms with Crippen LogP contribution in [-0.4, -0.2) is 13.1 Å². The first kappa shape index (κ1) is 17.7. The van der Waals surface area contributed by atoms with Gasteiger partial charge in [-0.3, -0.25) is 0 Å². The molecular formula is C16H24O2S. The molecule has 0 atom stereocenters. The van der Waals surface area contributed by atoms with E-state index in [1.54, 1.807) is 0 Å². The topological polar surface area (TPSA) is 26.3 Å². The van der Waals surface area contributed by atoms with E-state index in [1.165, 1.54) is 18.4 Å². The van der Waals surface area contributed by atoms with Gasteiger partial charge in [-0.25, -0.2) is 4.79 Å². The monoisotopic (exact) mass is 280 g/mol. The van der Waals surface area contributed by atoms with Crippen molar-refractivity contribution in [3.63, 3.8) is 0 Å². The lowest BCUT2D eigenvalue weighted by Crippen LogP contribution is -2.04. The summed E-state index contributed by atoms with van der Waals surface area (Å²) in [6.07, 6.45) is 1.01. The van der Waals surface area contributed by atoms with Gasteiger partial charge in [-0.1, -0.05) is 32.6 Å². The number of hydrogen-bond acceptors (Lipinski definition) is 3. The molecule has 0 bridgehead atoms. The van der Waals surface area contributed by atoms with Crippen molar-refractivity contribution in [3.8, 4) is 11.8 Å².